The van der Waals surface area contributed by atoms with Gasteiger partial charge in [-0.2, -0.15) is 0 Å². The van der Waals surface area contributed by atoms with Crippen molar-refractivity contribution in [2.75, 3.05) is 0 Å². The van der Waals surface area contributed by atoms with E-state index >= 15 is 0 Å². The summed E-state index contributed by atoms with van der Waals surface area (Å²) >= 11 is 0. The molecule has 0 radical (unpaired) electrons. The molecule has 2 aromatic heterocycles. The monoisotopic (exact) mass is 244 g/mol. The Morgan fingerprint density at radius 1 is 1.06 bits per heavy atom. The summed E-state index contributed by atoms with van der Waals surface area (Å²) in [5.41, 5.74) is 4.05. The first kappa shape index (κ1) is 13.1. The summed E-state index contributed by atoms with van der Waals surface area (Å²) in [4.78, 5) is 4.61. The van der Waals surface area contributed by atoms with Crippen molar-refractivity contribution in [2.24, 2.45) is 0 Å². The van der Waals surface area contributed by atoms with Crippen LogP contribution in [0, 0.1) is 6.92 Å². The van der Waals surface area contributed by atoms with E-state index in [-0.39, 0.29) is 11.0 Å². The van der Waals surface area contributed by atoms with Crippen molar-refractivity contribution in [2.45, 2.75) is 59.4 Å². The van der Waals surface area contributed by atoms with Gasteiger partial charge in [0.25, 0.3) is 0 Å². The molecule has 2 heterocycles. The van der Waals surface area contributed by atoms with Gasteiger partial charge in [-0.05, 0) is 50.8 Å². The fraction of sp³-hybridized carbons (Fsp3) is 0.562. The molecule has 2 heteroatoms. The molecule has 0 spiro atoms. The zero-order valence-electron chi connectivity index (χ0n) is 12.6. The van der Waals surface area contributed by atoms with Crippen LogP contribution >= 0.6 is 0 Å². The molecule has 0 atom stereocenters. The van der Waals surface area contributed by atoms with Crippen LogP contribution in [0.3, 0.4) is 0 Å². The molecular weight excluding hydrogens is 220 g/mol. The minimum absolute atomic E-state index is 0.0557. The predicted molar refractivity (Wildman–Crippen MR) is 78.2 cm³/mol. The molecule has 2 nitrogen and oxygen atoms in total. The van der Waals surface area contributed by atoms with Gasteiger partial charge < -0.3 is 4.57 Å². The maximum atomic E-state index is 4.61. The number of nitrogens with zero attached hydrogens (tertiary/aromatic N) is 2. The molecule has 0 bridgehead atoms. The Hall–Kier alpha value is -1.31. The van der Waals surface area contributed by atoms with Gasteiger partial charge in [-0.1, -0.05) is 20.8 Å². The highest BCUT2D eigenvalue weighted by Gasteiger charge is 2.28. The second-order valence-corrected chi connectivity index (χ2v) is 7.09. The normalized spacial score (nSPS) is 13.3. The van der Waals surface area contributed by atoms with Crippen LogP contribution in [-0.4, -0.2) is 9.55 Å². The third-order valence-electron chi connectivity index (χ3n) is 3.39. The molecule has 0 aromatic carbocycles. The Morgan fingerprint density at radius 2 is 1.67 bits per heavy atom. The lowest BCUT2D eigenvalue weighted by Crippen LogP contribution is -2.24. The maximum absolute atomic E-state index is 4.61. The summed E-state index contributed by atoms with van der Waals surface area (Å²) in [6.45, 7) is 15.7. The third kappa shape index (κ3) is 1.94. The first-order valence-corrected chi connectivity index (χ1v) is 6.61. The Kier molecular flexibility index (Phi) is 2.80. The number of fused-ring (bicyclic) bond motifs is 1. The van der Waals surface area contributed by atoms with Crippen LogP contribution in [0.2, 0.25) is 0 Å². The van der Waals surface area contributed by atoms with E-state index in [0.29, 0.717) is 0 Å². The largest absolute Gasteiger partial charge is 0.324 e. The van der Waals surface area contributed by atoms with Gasteiger partial charge in [0, 0.05) is 22.8 Å². The quantitative estimate of drug-likeness (QED) is 0.671. The van der Waals surface area contributed by atoms with Gasteiger partial charge in [-0.25, -0.2) is 4.98 Å². The molecular formula is C16H24N2. The SMILES string of the molecule is Cc1c(C(C)(C)C)c2cccnc2n1C(C)(C)C. The average Bonchev–Trinajstić information content (AvgIpc) is 2.47. The highest BCUT2D eigenvalue weighted by molar-refractivity contribution is 5.83. The van der Waals surface area contributed by atoms with Crippen LogP contribution in [0.15, 0.2) is 18.3 Å². The van der Waals surface area contributed by atoms with Gasteiger partial charge in [0.2, 0.25) is 0 Å². The van der Waals surface area contributed by atoms with Gasteiger partial charge in [0.15, 0.2) is 0 Å². The van der Waals surface area contributed by atoms with E-state index < -0.39 is 0 Å². The topological polar surface area (TPSA) is 17.8 Å². The van der Waals surface area contributed by atoms with Crippen LogP contribution in [0.1, 0.15) is 52.8 Å². The van der Waals surface area contributed by atoms with Crippen molar-refractivity contribution in [1.29, 1.82) is 0 Å². The Morgan fingerprint density at radius 3 is 2.17 bits per heavy atom. The lowest BCUT2D eigenvalue weighted by molar-refractivity contribution is 0.397. The van der Waals surface area contributed by atoms with Crippen LogP contribution in [0.25, 0.3) is 11.0 Å². The molecule has 0 saturated heterocycles. The molecule has 0 fully saturated rings. The molecule has 0 unspecified atom stereocenters. The second-order valence-electron chi connectivity index (χ2n) is 7.09. The third-order valence-corrected chi connectivity index (χ3v) is 3.39. The van der Waals surface area contributed by atoms with Crippen molar-refractivity contribution >= 4 is 11.0 Å². The van der Waals surface area contributed by atoms with E-state index in [1.165, 1.54) is 16.6 Å². The number of hydrogen-bond donors (Lipinski definition) is 0. The van der Waals surface area contributed by atoms with Gasteiger partial charge >= 0.3 is 0 Å². The average molecular weight is 244 g/mol. The van der Waals surface area contributed by atoms with Crippen LogP contribution in [-0.2, 0) is 11.0 Å². The minimum Gasteiger partial charge on any atom is -0.324 e. The van der Waals surface area contributed by atoms with Crippen LogP contribution < -0.4 is 0 Å². The van der Waals surface area contributed by atoms with E-state index in [2.05, 4.69) is 64.1 Å². The fourth-order valence-corrected chi connectivity index (χ4v) is 3.00. The maximum Gasteiger partial charge on any atom is 0.140 e. The summed E-state index contributed by atoms with van der Waals surface area (Å²) in [5.74, 6) is 0. The highest BCUT2D eigenvalue weighted by atomic mass is 15.1. The molecule has 2 rings (SSSR count). The number of rotatable bonds is 0. The molecule has 0 amide bonds. The summed E-state index contributed by atoms with van der Waals surface area (Å²) in [7, 11) is 0. The number of aromatic nitrogens is 2. The summed E-state index contributed by atoms with van der Waals surface area (Å²) < 4.78 is 2.36. The molecule has 2 aromatic rings. The minimum atomic E-state index is 0.0557. The Labute approximate surface area is 110 Å². The molecule has 98 valence electrons. The van der Waals surface area contributed by atoms with Crippen molar-refractivity contribution in [1.82, 2.24) is 9.55 Å². The zero-order chi connectivity index (χ0) is 13.7. The van der Waals surface area contributed by atoms with Crippen LogP contribution in [0.5, 0.6) is 0 Å². The van der Waals surface area contributed by atoms with Crippen LogP contribution in [0.4, 0.5) is 0 Å². The molecule has 18 heavy (non-hydrogen) atoms. The highest BCUT2D eigenvalue weighted by Crippen LogP contribution is 2.37. The van der Waals surface area contributed by atoms with Gasteiger partial charge in [0.1, 0.15) is 5.65 Å². The first-order chi connectivity index (χ1) is 8.14. The van der Waals surface area contributed by atoms with Crippen molar-refractivity contribution in [3.05, 3.63) is 29.6 Å². The van der Waals surface area contributed by atoms with Crippen molar-refractivity contribution in [3.8, 4) is 0 Å². The van der Waals surface area contributed by atoms with E-state index in [1.54, 1.807) is 0 Å². The van der Waals surface area contributed by atoms with Crippen molar-refractivity contribution in [3.63, 3.8) is 0 Å². The second kappa shape index (κ2) is 3.84. The molecule has 0 N–H and O–H groups in total. The lowest BCUT2D eigenvalue weighted by Gasteiger charge is -2.26. The van der Waals surface area contributed by atoms with Gasteiger partial charge in [-0.3, -0.25) is 0 Å². The zero-order valence-corrected chi connectivity index (χ0v) is 12.6. The Bertz CT molecular complexity index is 526. The van der Waals surface area contributed by atoms with Gasteiger partial charge in [-0.15, -0.1) is 0 Å². The molecule has 0 aliphatic carbocycles. The number of hydrogen-bond acceptors (Lipinski definition) is 1. The molecule has 0 aliphatic rings. The van der Waals surface area contributed by atoms with Gasteiger partial charge in [0.05, 0.1) is 0 Å². The predicted octanol–water partition coefficient (Wildman–Crippen LogP) is 4.40. The number of pyridine rings is 1. The van der Waals surface area contributed by atoms with E-state index in [1.807, 2.05) is 12.3 Å². The van der Waals surface area contributed by atoms with Crippen molar-refractivity contribution < 1.29 is 0 Å². The Balaban J connectivity index is 2.94. The fourth-order valence-electron chi connectivity index (χ4n) is 3.00. The van der Waals surface area contributed by atoms with E-state index in [0.717, 1.165) is 5.65 Å². The molecule has 0 aliphatic heterocycles. The molecule has 0 saturated carbocycles. The van der Waals surface area contributed by atoms with E-state index in [9.17, 15) is 0 Å². The summed E-state index contributed by atoms with van der Waals surface area (Å²) in [5, 5.41) is 1.29. The smallest absolute Gasteiger partial charge is 0.140 e. The summed E-state index contributed by atoms with van der Waals surface area (Å²) in [6.07, 6.45) is 1.89. The standard InChI is InChI=1S/C16H24N2/c1-11-13(15(2,3)4)12-9-8-10-17-14(12)18(11)16(5,6)7/h8-10H,1-7H3. The summed E-state index contributed by atoms with van der Waals surface area (Å²) in [6, 6.07) is 4.22. The first-order valence-electron chi connectivity index (χ1n) is 6.61. The lowest BCUT2D eigenvalue weighted by atomic mass is 9.85. The van der Waals surface area contributed by atoms with E-state index in [4.69, 9.17) is 0 Å².